The molecule has 3 amide bonds. The van der Waals surface area contributed by atoms with E-state index in [1.165, 1.54) is 0 Å². The maximum atomic E-state index is 13.0. The van der Waals surface area contributed by atoms with Gasteiger partial charge >= 0.3 is 0 Å². The molecule has 0 heterocycles. The van der Waals surface area contributed by atoms with Crippen molar-refractivity contribution in [3.8, 4) is 0 Å². The van der Waals surface area contributed by atoms with Crippen LogP contribution in [-0.2, 0) is 20.8 Å². The summed E-state index contributed by atoms with van der Waals surface area (Å²) in [6.45, 7) is 11.1. The fraction of sp³-hybridized carbons (Fsp3) is 0.571. The molecule has 1 rings (SSSR count). The Morgan fingerprint density at radius 2 is 1.64 bits per heavy atom. The molecular weight excluding hydrogens is 358 g/mol. The third-order valence-electron chi connectivity index (χ3n) is 4.14. The van der Waals surface area contributed by atoms with Gasteiger partial charge in [-0.1, -0.05) is 51.1 Å². The van der Waals surface area contributed by atoms with Crippen LogP contribution in [0.2, 0.25) is 0 Å². The van der Waals surface area contributed by atoms with Crippen molar-refractivity contribution in [1.29, 1.82) is 0 Å². The number of carbonyl (C=O) groups is 3. The quantitative estimate of drug-likeness (QED) is 0.359. The Morgan fingerprint density at radius 1 is 1.07 bits per heavy atom. The maximum Gasteiger partial charge on any atom is 0.243 e. The summed E-state index contributed by atoms with van der Waals surface area (Å²) >= 11 is 0. The Balaban J connectivity index is 3.03. The fourth-order valence-electron chi connectivity index (χ4n) is 2.78. The van der Waals surface area contributed by atoms with E-state index in [0.29, 0.717) is 11.5 Å². The Hall–Kier alpha value is -2.41. The minimum Gasteiger partial charge on any atom is -0.350 e. The lowest BCUT2D eigenvalue weighted by Gasteiger charge is -2.34. The van der Waals surface area contributed by atoms with E-state index in [1.807, 2.05) is 71.9 Å². The summed E-state index contributed by atoms with van der Waals surface area (Å²) < 4.78 is 0. The van der Waals surface area contributed by atoms with Crippen molar-refractivity contribution in [2.45, 2.75) is 59.5 Å². The van der Waals surface area contributed by atoms with Gasteiger partial charge in [-0.3, -0.25) is 19.6 Å². The Labute approximate surface area is 167 Å². The Bertz CT molecular complexity index is 662. The smallest absolute Gasteiger partial charge is 0.243 e. The van der Waals surface area contributed by atoms with Crippen LogP contribution in [0.25, 0.3) is 0 Å². The van der Waals surface area contributed by atoms with Crippen LogP contribution < -0.4 is 10.6 Å². The SMILES string of the molecule is CC(C)(C)NC(=O)C(NC(=O)C(Cc1ccccc1)CN(O)C=O)C(C)(C)C. The van der Waals surface area contributed by atoms with Gasteiger partial charge in [0.15, 0.2) is 0 Å². The molecule has 0 aliphatic carbocycles. The first-order valence-electron chi connectivity index (χ1n) is 9.40. The van der Waals surface area contributed by atoms with Gasteiger partial charge in [-0.25, -0.2) is 5.06 Å². The van der Waals surface area contributed by atoms with Crippen molar-refractivity contribution in [2.75, 3.05) is 6.54 Å². The second kappa shape index (κ2) is 9.68. The van der Waals surface area contributed by atoms with Crippen LogP contribution in [0.4, 0.5) is 0 Å². The van der Waals surface area contributed by atoms with Gasteiger partial charge in [0.2, 0.25) is 18.2 Å². The van der Waals surface area contributed by atoms with Crippen molar-refractivity contribution in [3.63, 3.8) is 0 Å². The number of rotatable bonds is 8. The molecule has 0 radical (unpaired) electrons. The summed E-state index contributed by atoms with van der Waals surface area (Å²) in [6, 6.07) is 8.56. The normalized spacial score (nSPS) is 14.0. The molecule has 0 bridgehead atoms. The first kappa shape index (κ1) is 23.6. The van der Waals surface area contributed by atoms with E-state index >= 15 is 0 Å². The molecule has 7 heteroatoms. The van der Waals surface area contributed by atoms with Gasteiger partial charge in [-0.2, -0.15) is 0 Å². The molecule has 2 unspecified atom stereocenters. The molecule has 2 atom stereocenters. The minimum absolute atomic E-state index is 0.165. The van der Waals surface area contributed by atoms with Gasteiger partial charge in [0, 0.05) is 5.54 Å². The highest BCUT2D eigenvalue weighted by Crippen LogP contribution is 2.21. The summed E-state index contributed by atoms with van der Waals surface area (Å²) in [5.41, 5.74) is -0.0616. The van der Waals surface area contributed by atoms with E-state index in [2.05, 4.69) is 10.6 Å². The summed E-state index contributed by atoms with van der Waals surface area (Å²) in [6.07, 6.45) is 0.591. The number of carbonyl (C=O) groups excluding carboxylic acids is 3. The standard InChI is InChI=1S/C21H33N3O4/c1-20(2,3)17(19(27)23-21(4,5)6)22-18(26)16(13-24(28)14-25)12-15-10-8-7-9-11-15/h7-11,14,16-17,28H,12-13H2,1-6H3,(H,22,26)(H,23,27). The van der Waals surface area contributed by atoms with E-state index in [1.54, 1.807) is 0 Å². The second-order valence-corrected chi connectivity index (χ2v) is 9.16. The molecule has 0 spiro atoms. The van der Waals surface area contributed by atoms with Crippen LogP contribution in [0.1, 0.15) is 47.1 Å². The van der Waals surface area contributed by atoms with Crippen molar-refractivity contribution >= 4 is 18.2 Å². The second-order valence-electron chi connectivity index (χ2n) is 9.16. The van der Waals surface area contributed by atoms with Gasteiger partial charge < -0.3 is 10.6 Å². The van der Waals surface area contributed by atoms with E-state index in [4.69, 9.17) is 0 Å². The zero-order valence-corrected chi connectivity index (χ0v) is 17.7. The highest BCUT2D eigenvalue weighted by atomic mass is 16.5. The van der Waals surface area contributed by atoms with E-state index in [0.717, 1.165) is 5.56 Å². The van der Waals surface area contributed by atoms with Crippen molar-refractivity contribution in [2.24, 2.45) is 11.3 Å². The molecule has 28 heavy (non-hydrogen) atoms. The third kappa shape index (κ3) is 8.08. The molecule has 3 N–H and O–H groups in total. The molecule has 1 aromatic rings. The van der Waals surface area contributed by atoms with Crippen LogP contribution >= 0.6 is 0 Å². The van der Waals surface area contributed by atoms with Crippen molar-refractivity contribution < 1.29 is 19.6 Å². The summed E-state index contributed by atoms with van der Waals surface area (Å²) in [5.74, 6) is -1.37. The number of hydrogen-bond donors (Lipinski definition) is 3. The predicted molar refractivity (Wildman–Crippen MR) is 107 cm³/mol. The molecule has 7 nitrogen and oxygen atoms in total. The number of nitrogens with one attached hydrogen (secondary N) is 2. The molecule has 0 aliphatic rings. The van der Waals surface area contributed by atoms with E-state index in [9.17, 15) is 19.6 Å². The monoisotopic (exact) mass is 391 g/mol. The lowest BCUT2D eigenvalue weighted by atomic mass is 9.85. The number of benzene rings is 1. The molecule has 0 fully saturated rings. The molecule has 0 saturated heterocycles. The lowest BCUT2D eigenvalue weighted by Crippen LogP contribution is -2.58. The van der Waals surface area contributed by atoms with Gasteiger partial charge in [0.25, 0.3) is 0 Å². The zero-order valence-electron chi connectivity index (χ0n) is 17.7. The maximum absolute atomic E-state index is 13.0. The zero-order chi connectivity index (χ0) is 21.5. The number of hydrogen-bond acceptors (Lipinski definition) is 4. The first-order chi connectivity index (χ1) is 12.8. The topological polar surface area (TPSA) is 98.7 Å². The van der Waals surface area contributed by atoms with E-state index in [-0.39, 0.29) is 18.9 Å². The van der Waals surface area contributed by atoms with Crippen LogP contribution in [0.5, 0.6) is 0 Å². The Kier molecular flexibility index (Phi) is 8.17. The van der Waals surface area contributed by atoms with Crippen LogP contribution in [0, 0.1) is 11.3 Å². The summed E-state index contributed by atoms with van der Waals surface area (Å²) in [7, 11) is 0. The summed E-state index contributed by atoms with van der Waals surface area (Å²) in [4.78, 5) is 36.6. The van der Waals surface area contributed by atoms with Crippen LogP contribution in [-0.4, -0.2) is 46.6 Å². The van der Waals surface area contributed by atoms with Gasteiger partial charge in [-0.05, 0) is 38.2 Å². The van der Waals surface area contributed by atoms with E-state index < -0.39 is 28.8 Å². The van der Waals surface area contributed by atoms with Crippen molar-refractivity contribution in [3.05, 3.63) is 35.9 Å². The highest BCUT2D eigenvalue weighted by molar-refractivity contribution is 5.89. The predicted octanol–water partition coefficient (Wildman–Crippen LogP) is 2.14. The van der Waals surface area contributed by atoms with Crippen LogP contribution in [0.15, 0.2) is 30.3 Å². The minimum atomic E-state index is -0.763. The molecular formula is C21H33N3O4. The number of hydroxylamine groups is 2. The highest BCUT2D eigenvalue weighted by Gasteiger charge is 2.36. The largest absolute Gasteiger partial charge is 0.350 e. The van der Waals surface area contributed by atoms with Gasteiger partial charge in [-0.15, -0.1) is 0 Å². The lowest BCUT2D eigenvalue weighted by molar-refractivity contribution is -0.155. The first-order valence-corrected chi connectivity index (χ1v) is 9.40. The molecule has 0 aliphatic heterocycles. The molecule has 0 saturated carbocycles. The fourth-order valence-corrected chi connectivity index (χ4v) is 2.78. The van der Waals surface area contributed by atoms with Crippen LogP contribution in [0.3, 0.4) is 0 Å². The number of nitrogens with zero attached hydrogens (tertiary/aromatic N) is 1. The molecule has 1 aromatic carbocycles. The average molecular weight is 392 g/mol. The van der Waals surface area contributed by atoms with Crippen molar-refractivity contribution in [1.82, 2.24) is 15.7 Å². The average Bonchev–Trinajstić information content (AvgIpc) is 2.56. The summed E-state index contributed by atoms with van der Waals surface area (Å²) in [5, 5.41) is 15.8. The molecule has 0 aromatic heterocycles. The Morgan fingerprint density at radius 3 is 2.11 bits per heavy atom. The molecule has 156 valence electrons. The van der Waals surface area contributed by atoms with Gasteiger partial charge in [0.05, 0.1) is 12.5 Å². The van der Waals surface area contributed by atoms with Gasteiger partial charge in [0.1, 0.15) is 6.04 Å². The number of amides is 3. The third-order valence-corrected chi connectivity index (χ3v) is 4.14.